The zero-order chi connectivity index (χ0) is 13.9. The minimum Gasteiger partial charge on any atom is -0.271 e. The molecule has 108 valence electrons. The standard InChI is InChI=1S/C16H20Cl2N2/c17-11-4-1-8(5-12(11)18)6-13(20-19)16-14-9-2-3-10(7-9)15(14)16/h1,4-5,9-10,13-16,20H,2-3,6-7,19H2. The van der Waals surface area contributed by atoms with Crippen LogP contribution in [0.3, 0.4) is 0 Å². The molecule has 4 heteroatoms. The predicted octanol–water partition coefficient (Wildman–Crippen LogP) is 3.66. The molecule has 2 bridgehead atoms. The summed E-state index contributed by atoms with van der Waals surface area (Å²) >= 11 is 12.1. The number of benzene rings is 1. The van der Waals surface area contributed by atoms with E-state index in [9.17, 15) is 0 Å². The molecular weight excluding hydrogens is 291 g/mol. The van der Waals surface area contributed by atoms with E-state index < -0.39 is 0 Å². The van der Waals surface area contributed by atoms with Gasteiger partial charge in [0.05, 0.1) is 10.0 Å². The van der Waals surface area contributed by atoms with Crippen molar-refractivity contribution in [3.63, 3.8) is 0 Å². The van der Waals surface area contributed by atoms with Crippen molar-refractivity contribution in [3.05, 3.63) is 33.8 Å². The molecule has 3 N–H and O–H groups in total. The van der Waals surface area contributed by atoms with E-state index in [1.165, 1.54) is 24.8 Å². The largest absolute Gasteiger partial charge is 0.271 e. The van der Waals surface area contributed by atoms with Crippen LogP contribution in [0.1, 0.15) is 24.8 Å². The Labute approximate surface area is 130 Å². The lowest BCUT2D eigenvalue weighted by molar-refractivity contribution is 0.365. The number of rotatable bonds is 4. The molecular formula is C16H20Cl2N2. The SMILES string of the molecule is NNC(Cc1ccc(Cl)c(Cl)c1)C1C2C3CCC(C3)C21. The topological polar surface area (TPSA) is 38.0 Å². The van der Waals surface area contributed by atoms with Crippen LogP contribution in [0.15, 0.2) is 18.2 Å². The molecule has 0 spiro atoms. The number of nitrogens with two attached hydrogens (primary N) is 1. The number of hydrazine groups is 1. The molecule has 1 aromatic rings. The number of nitrogens with one attached hydrogen (secondary N) is 1. The monoisotopic (exact) mass is 310 g/mol. The summed E-state index contributed by atoms with van der Waals surface area (Å²) < 4.78 is 0. The lowest BCUT2D eigenvalue weighted by Gasteiger charge is -2.20. The molecule has 2 nitrogen and oxygen atoms in total. The smallest absolute Gasteiger partial charge is 0.0595 e. The van der Waals surface area contributed by atoms with Crippen LogP contribution in [0.2, 0.25) is 10.0 Å². The van der Waals surface area contributed by atoms with Gasteiger partial charge in [-0.25, -0.2) is 0 Å². The van der Waals surface area contributed by atoms with Gasteiger partial charge in [-0.1, -0.05) is 29.3 Å². The molecule has 4 rings (SSSR count). The Balaban J connectivity index is 1.48. The average molecular weight is 311 g/mol. The maximum Gasteiger partial charge on any atom is 0.0595 e. The molecule has 5 unspecified atom stereocenters. The minimum atomic E-state index is 0.380. The first kappa shape index (κ1) is 13.4. The second kappa shape index (κ2) is 4.88. The maximum atomic E-state index is 6.10. The van der Waals surface area contributed by atoms with Gasteiger partial charge >= 0.3 is 0 Å². The number of halogens is 2. The van der Waals surface area contributed by atoms with Gasteiger partial charge in [-0.05, 0) is 73.0 Å². The van der Waals surface area contributed by atoms with E-state index in [2.05, 4.69) is 11.5 Å². The van der Waals surface area contributed by atoms with Crippen molar-refractivity contribution in [1.29, 1.82) is 0 Å². The van der Waals surface area contributed by atoms with E-state index in [1.54, 1.807) is 0 Å². The van der Waals surface area contributed by atoms with E-state index in [1.807, 2.05) is 12.1 Å². The highest BCUT2D eigenvalue weighted by atomic mass is 35.5. The molecule has 0 aromatic heterocycles. The molecule has 0 amide bonds. The minimum absolute atomic E-state index is 0.380. The van der Waals surface area contributed by atoms with E-state index in [0.29, 0.717) is 16.1 Å². The molecule has 3 aliphatic carbocycles. The van der Waals surface area contributed by atoms with E-state index >= 15 is 0 Å². The first-order chi connectivity index (χ1) is 9.69. The third-order valence-corrected chi connectivity index (χ3v) is 6.65. The zero-order valence-corrected chi connectivity index (χ0v) is 12.9. The Bertz CT molecular complexity index is 517. The first-order valence-corrected chi connectivity index (χ1v) is 8.34. The summed E-state index contributed by atoms with van der Waals surface area (Å²) in [5.74, 6) is 10.5. The van der Waals surface area contributed by atoms with Crippen LogP contribution < -0.4 is 11.3 Å². The summed E-state index contributed by atoms with van der Waals surface area (Å²) in [6.45, 7) is 0. The van der Waals surface area contributed by atoms with Crippen LogP contribution in [-0.2, 0) is 6.42 Å². The quantitative estimate of drug-likeness (QED) is 0.658. The van der Waals surface area contributed by atoms with Gasteiger partial charge < -0.3 is 0 Å². The van der Waals surface area contributed by atoms with Gasteiger partial charge in [0.2, 0.25) is 0 Å². The summed E-state index contributed by atoms with van der Waals surface area (Å²) in [6, 6.07) is 6.29. The van der Waals surface area contributed by atoms with Crippen molar-refractivity contribution in [3.8, 4) is 0 Å². The highest BCUT2D eigenvalue weighted by Crippen LogP contribution is 2.70. The molecule has 0 radical (unpaired) electrons. The third kappa shape index (κ3) is 2.00. The third-order valence-electron chi connectivity index (χ3n) is 5.91. The van der Waals surface area contributed by atoms with Gasteiger partial charge in [0.15, 0.2) is 0 Å². The van der Waals surface area contributed by atoms with Crippen molar-refractivity contribution < 1.29 is 0 Å². The van der Waals surface area contributed by atoms with Crippen molar-refractivity contribution in [2.45, 2.75) is 31.7 Å². The number of hydrogen-bond acceptors (Lipinski definition) is 2. The van der Waals surface area contributed by atoms with Crippen molar-refractivity contribution in [2.75, 3.05) is 0 Å². The predicted molar refractivity (Wildman–Crippen MR) is 82.6 cm³/mol. The first-order valence-electron chi connectivity index (χ1n) is 7.59. The average Bonchev–Trinajstić information content (AvgIpc) is 2.87. The lowest BCUT2D eigenvalue weighted by atomic mass is 9.94. The van der Waals surface area contributed by atoms with Crippen molar-refractivity contribution in [1.82, 2.24) is 5.43 Å². The molecule has 20 heavy (non-hydrogen) atoms. The summed E-state index contributed by atoms with van der Waals surface area (Å²) in [5.41, 5.74) is 4.29. The fourth-order valence-electron chi connectivity index (χ4n) is 5.16. The molecule has 3 saturated carbocycles. The van der Waals surface area contributed by atoms with Crippen molar-refractivity contribution in [2.24, 2.45) is 35.4 Å². The second-order valence-electron chi connectivity index (χ2n) is 6.79. The van der Waals surface area contributed by atoms with Crippen LogP contribution in [0.25, 0.3) is 0 Å². The Kier molecular flexibility index (Phi) is 3.26. The second-order valence-corrected chi connectivity index (χ2v) is 7.61. The molecule has 1 aromatic carbocycles. The van der Waals surface area contributed by atoms with Crippen LogP contribution in [-0.4, -0.2) is 6.04 Å². The summed E-state index contributed by atoms with van der Waals surface area (Å²) in [5, 5.41) is 1.25. The molecule has 0 saturated heterocycles. The molecule has 0 aliphatic heterocycles. The fraction of sp³-hybridized carbons (Fsp3) is 0.625. The molecule has 3 aliphatic rings. The summed E-state index contributed by atoms with van der Waals surface area (Å²) in [7, 11) is 0. The lowest BCUT2D eigenvalue weighted by Crippen LogP contribution is -2.40. The van der Waals surface area contributed by atoms with Crippen LogP contribution >= 0.6 is 23.2 Å². The van der Waals surface area contributed by atoms with Gasteiger partial charge in [0.25, 0.3) is 0 Å². The highest BCUT2D eigenvalue weighted by molar-refractivity contribution is 6.42. The van der Waals surface area contributed by atoms with E-state index in [4.69, 9.17) is 29.0 Å². The Morgan fingerprint density at radius 3 is 2.45 bits per heavy atom. The summed E-state index contributed by atoms with van der Waals surface area (Å²) in [4.78, 5) is 0. The number of hydrogen-bond donors (Lipinski definition) is 2. The Morgan fingerprint density at radius 2 is 1.85 bits per heavy atom. The van der Waals surface area contributed by atoms with E-state index in [0.717, 1.165) is 36.0 Å². The Morgan fingerprint density at radius 1 is 1.15 bits per heavy atom. The number of fused-ring (bicyclic) bond motifs is 5. The van der Waals surface area contributed by atoms with Gasteiger partial charge in [-0.15, -0.1) is 0 Å². The normalized spacial score (nSPS) is 38.9. The van der Waals surface area contributed by atoms with Gasteiger partial charge in [0, 0.05) is 6.04 Å². The summed E-state index contributed by atoms with van der Waals surface area (Å²) in [6.07, 6.45) is 5.33. The van der Waals surface area contributed by atoms with Gasteiger partial charge in [-0.2, -0.15) is 0 Å². The molecule has 0 heterocycles. The molecule has 3 fully saturated rings. The van der Waals surface area contributed by atoms with E-state index in [-0.39, 0.29) is 0 Å². The zero-order valence-electron chi connectivity index (χ0n) is 11.4. The fourth-order valence-corrected chi connectivity index (χ4v) is 5.48. The van der Waals surface area contributed by atoms with Crippen LogP contribution in [0, 0.1) is 29.6 Å². The van der Waals surface area contributed by atoms with Crippen LogP contribution in [0.5, 0.6) is 0 Å². The molecule has 5 atom stereocenters. The van der Waals surface area contributed by atoms with Gasteiger partial charge in [-0.3, -0.25) is 11.3 Å². The van der Waals surface area contributed by atoms with Crippen LogP contribution in [0.4, 0.5) is 0 Å². The maximum absolute atomic E-state index is 6.10. The van der Waals surface area contributed by atoms with Gasteiger partial charge in [0.1, 0.15) is 0 Å². The van der Waals surface area contributed by atoms with Crippen molar-refractivity contribution >= 4 is 23.2 Å². The highest BCUT2D eigenvalue weighted by Gasteiger charge is 2.66. The Hall–Kier alpha value is -0.280.